The lowest BCUT2D eigenvalue weighted by molar-refractivity contribution is 0.485. The summed E-state index contributed by atoms with van der Waals surface area (Å²) < 4.78 is 5.27. The third-order valence-electron chi connectivity index (χ3n) is 1.86. The van der Waals surface area contributed by atoms with Gasteiger partial charge in [-0.15, -0.1) is 10.2 Å². The molecule has 0 amide bonds. The number of aryl methyl sites for hydroxylation is 1. The van der Waals surface area contributed by atoms with Gasteiger partial charge in [0, 0.05) is 6.92 Å². The van der Waals surface area contributed by atoms with Gasteiger partial charge in [0.25, 0.3) is 0 Å². The molecule has 0 N–H and O–H groups in total. The van der Waals surface area contributed by atoms with Crippen molar-refractivity contribution in [2.75, 3.05) is 5.75 Å². The number of hydrogen-bond donors (Lipinski definition) is 0. The highest BCUT2D eigenvalue weighted by molar-refractivity contribution is 7.98. The van der Waals surface area contributed by atoms with Gasteiger partial charge in [-0.1, -0.05) is 20.3 Å². The van der Waals surface area contributed by atoms with Crippen molar-refractivity contribution in [1.29, 1.82) is 0 Å². The predicted molar refractivity (Wildman–Crippen MR) is 59.3 cm³/mol. The molecule has 1 rings (SSSR count). The van der Waals surface area contributed by atoms with Crippen LogP contribution in [0.3, 0.4) is 0 Å². The lowest BCUT2D eigenvalue weighted by Gasteiger charge is -2.02. The predicted octanol–water partition coefficient (Wildman–Crippen LogP) is 3.05. The van der Waals surface area contributed by atoms with Crippen molar-refractivity contribution >= 4 is 11.8 Å². The molecule has 0 aliphatic rings. The van der Waals surface area contributed by atoms with Gasteiger partial charge in [0.15, 0.2) is 0 Å². The number of aromatic nitrogens is 2. The van der Waals surface area contributed by atoms with E-state index < -0.39 is 0 Å². The van der Waals surface area contributed by atoms with Crippen LogP contribution in [0.5, 0.6) is 0 Å². The molecular formula is C10H18N2OS. The number of hydrogen-bond acceptors (Lipinski definition) is 4. The van der Waals surface area contributed by atoms with Crippen molar-refractivity contribution in [3.05, 3.63) is 11.8 Å². The highest BCUT2D eigenvalue weighted by Crippen LogP contribution is 2.14. The average Bonchev–Trinajstić information content (AvgIpc) is 2.50. The molecule has 0 atom stereocenters. The lowest BCUT2D eigenvalue weighted by atomic mass is 10.1. The van der Waals surface area contributed by atoms with E-state index in [1.807, 2.05) is 18.7 Å². The van der Waals surface area contributed by atoms with E-state index in [1.165, 1.54) is 18.6 Å². The highest BCUT2D eigenvalue weighted by atomic mass is 32.2. The summed E-state index contributed by atoms with van der Waals surface area (Å²) in [5.41, 5.74) is 0. The SMILES string of the molecule is Cc1nnc(CSCCCC(C)C)o1. The molecule has 1 aromatic rings. The van der Waals surface area contributed by atoms with Crippen LogP contribution in [-0.4, -0.2) is 16.0 Å². The lowest BCUT2D eigenvalue weighted by Crippen LogP contribution is -1.89. The summed E-state index contributed by atoms with van der Waals surface area (Å²) in [6, 6.07) is 0. The maximum Gasteiger partial charge on any atom is 0.226 e. The molecule has 0 aliphatic heterocycles. The summed E-state index contributed by atoms with van der Waals surface area (Å²) in [6.45, 7) is 6.33. The van der Waals surface area contributed by atoms with Crippen LogP contribution in [0, 0.1) is 12.8 Å². The number of thioether (sulfide) groups is 1. The summed E-state index contributed by atoms with van der Waals surface area (Å²) in [4.78, 5) is 0. The third-order valence-corrected chi connectivity index (χ3v) is 2.89. The van der Waals surface area contributed by atoms with Crippen LogP contribution in [0.1, 0.15) is 38.5 Å². The molecule has 0 saturated heterocycles. The molecule has 0 fully saturated rings. The Morgan fingerprint density at radius 1 is 1.36 bits per heavy atom. The van der Waals surface area contributed by atoms with Gasteiger partial charge in [0.05, 0.1) is 5.75 Å². The molecule has 0 bridgehead atoms. The highest BCUT2D eigenvalue weighted by Gasteiger charge is 2.01. The first-order valence-electron chi connectivity index (χ1n) is 5.05. The van der Waals surface area contributed by atoms with E-state index in [-0.39, 0.29) is 0 Å². The van der Waals surface area contributed by atoms with Crippen molar-refractivity contribution in [3.63, 3.8) is 0 Å². The minimum Gasteiger partial charge on any atom is -0.425 e. The Morgan fingerprint density at radius 2 is 2.14 bits per heavy atom. The van der Waals surface area contributed by atoms with Crippen LogP contribution in [0.25, 0.3) is 0 Å². The first kappa shape index (κ1) is 11.6. The summed E-state index contributed by atoms with van der Waals surface area (Å²) in [5, 5.41) is 7.72. The number of rotatable bonds is 6. The molecule has 1 aromatic heterocycles. The largest absolute Gasteiger partial charge is 0.425 e. The molecule has 1 heterocycles. The first-order chi connectivity index (χ1) is 6.68. The fourth-order valence-corrected chi connectivity index (χ4v) is 1.96. The van der Waals surface area contributed by atoms with Gasteiger partial charge in [-0.3, -0.25) is 0 Å². The minimum atomic E-state index is 0.655. The molecule has 4 heteroatoms. The molecule has 80 valence electrons. The second-order valence-corrected chi connectivity index (χ2v) is 4.91. The van der Waals surface area contributed by atoms with E-state index in [9.17, 15) is 0 Å². The molecule has 0 aromatic carbocycles. The van der Waals surface area contributed by atoms with Gasteiger partial charge in [0.1, 0.15) is 0 Å². The topological polar surface area (TPSA) is 38.9 Å². The minimum absolute atomic E-state index is 0.655. The van der Waals surface area contributed by atoms with Gasteiger partial charge in [-0.05, 0) is 18.1 Å². The Morgan fingerprint density at radius 3 is 2.71 bits per heavy atom. The normalized spacial score (nSPS) is 11.1. The zero-order valence-electron chi connectivity index (χ0n) is 9.12. The fourth-order valence-electron chi connectivity index (χ4n) is 1.15. The van der Waals surface area contributed by atoms with Gasteiger partial charge >= 0.3 is 0 Å². The fraction of sp³-hybridized carbons (Fsp3) is 0.800. The van der Waals surface area contributed by atoms with E-state index in [1.54, 1.807) is 0 Å². The smallest absolute Gasteiger partial charge is 0.226 e. The third kappa shape index (κ3) is 4.65. The van der Waals surface area contributed by atoms with E-state index in [0.29, 0.717) is 5.89 Å². The van der Waals surface area contributed by atoms with E-state index in [2.05, 4.69) is 24.0 Å². The van der Waals surface area contributed by atoms with Crippen molar-refractivity contribution in [1.82, 2.24) is 10.2 Å². The molecule has 14 heavy (non-hydrogen) atoms. The standard InChI is InChI=1S/C10H18N2OS/c1-8(2)5-4-6-14-7-10-12-11-9(3)13-10/h8H,4-7H2,1-3H3. The average molecular weight is 214 g/mol. The molecule has 0 saturated carbocycles. The van der Waals surface area contributed by atoms with E-state index >= 15 is 0 Å². The monoisotopic (exact) mass is 214 g/mol. The second kappa shape index (κ2) is 6.06. The van der Waals surface area contributed by atoms with Crippen molar-refractivity contribution in [3.8, 4) is 0 Å². The van der Waals surface area contributed by atoms with Gasteiger partial charge in [-0.25, -0.2) is 0 Å². The maximum atomic E-state index is 5.27. The van der Waals surface area contributed by atoms with Crippen LogP contribution >= 0.6 is 11.8 Å². The zero-order valence-corrected chi connectivity index (χ0v) is 9.93. The van der Waals surface area contributed by atoms with Crippen LogP contribution in [0.2, 0.25) is 0 Å². The van der Waals surface area contributed by atoms with Crippen LogP contribution in [0.4, 0.5) is 0 Å². The molecule has 0 unspecified atom stereocenters. The summed E-state index contributed by atoms with van der Waals surface area (Å²) in [5.74, 6) is 4.24. The van der Waals surface area contributed by atoms with Crippen molar-refractivity contribution in [2.24, 2.45) is 5.92 Å². The Bertz CT molecular complexity index is 260. The Hall–Kier alpha value is -0.510. The molecule has 0 spiro atoms. The zero-order chi connectivity index (χ0) is 10.4. The van der Waals surface area contributed by atoms with Crippen LogP contribution < -0.4 is 0 Å². The van der Waals surface area contributed by atoms with Gasteiger partial charge in [0.2, 0.25) is 11.8 Å². The van der Waals surface area contributed by atoms with Crippen LogP contribution in [0.15, 0.2) is 4.42 Å². The maximum absolute atomic E-state index is 5.27. The van der Waals surface area contributed by atoms with Crippen LogP contribution in [-0.2, 0) is 5.75 Å². The molecular weight excluding hydrogens is 196 g/mol. The quantitative estimate of drug-likeness (QED) is 0.682. The molecule has 0 radical (unpaired) electrons. The Kier molecular flexibility index (Phi) is 5.01. The van der Waals surface area contributed by atoms with Gasteiger partial charge in [-0.2, -0.15) is 11.8 Å². The number of nitrogens with zero attached hydrogens (tertiary/aromatic N) is 2. The van der Waals surface area contributed by atoms with Gasteiger partial charge < -0.3 is 4.42 Å². The Labute approximate surface area is 89.7 Å². The molecule has 3 nitrogen and oxygen atoms in total. The summed E-state index contributed by atoms with van der Waals surface area (Å²) in [7, 11) is 0. The van der Waals surface area contributed by atoms with E-state index in [4.69, 9.17) is 4.42 Å². The first-order valence-corrected chi connectivity index (χ1v) is 6.20. The Balaban J connectivity index is 2.04. The summed E-state index contributed by atoms with van der Waals surface area (Å²) >= 11 is 1.87. The van der Waals surface area contributed by atoms with E-state index in [0.717, 1.165) is 17.6 Å². The molecule has 0 aliphatic carbocycles. The van der Waals surface area contributed by atoms with Crippen molar-refractivity contribution < 1.29 is 4.42 Å². The second-order valence-electron chi connectivity index (χ2n) is 3.80. The summed E-state index contributed by atoms with van der Waals surface area (Å²) in [6.07, 6.45) is 2.57. The van der Waals surface area contributed by atoms with Crippen molar-refractivity contribution in [2.45, 2.75) is 39.4 Å².